The first-order valence-electron chi connectivity index (χ1n) is 4.74. The second kappa shape index (κ2) is 5.00. The van der Waals surface area contributed by atoms with Crippen LogP contribution in [0.3, 0.4) is 0 Å². The molecule has 1 nitrogen and oxygen atoms in total. The van der Waals surface area contributed by atoms with Crippen LogP contribution in [-0.4, -0.2) is 5.78 Å². The molecule has 0 atom stereocenters. The van der Waals surface area contributed by atoms with Crippen LogP contribution in [0.1, 0.15) is 20.1 Å². The summed E-state index contributed by atoms with van der Waals surface area (Å²) in [5.41, 5.74) is 0.479. The predicted molar refractivity (Wildman–Crippen MR) is 74.3 cm³/mol. The van der Waals surface area contributed by atoms with E-state index in [9.17, 15) is 9.18 Å². The van der Waals surface area contributed by atoms with Gasteiger partial charge in [0.25, 0.3) is 0 Å². The topological polar surface area (TPSA) is 17.1 Å². The quantitative estimate of drug-likeness (QED) is 0.676. The molecule has 0 aliphatic carbocycles. The van der Waals surface area contributed by atoms with Crippen molar-refractivity contribution in [2.75, 3.05) is 0 Å². The van der Waals surface area contributed by atoms with Crippen LogP contribution in [-0.2, 0) is 0 Å². The number of carbonyl (C=O) groups excluding carboxylic acids is 1. The molecular formula is C12H7Br2FOS. The average molecular weight is 378 g/mol. The third-order valence-corrected chi connectivity index (χ3v) is 5.01. The lowest BCUT2D eigenvalue weighted by molar-refractivity contribution is 0.104. The highest BCUT2D eigenvalue weighted by molar-refractivity contribution is 9.10. The standard InChI is InChI=1S/C12H7Br2FOS/c1-6-8(13)5-11(17-6)12(16)7-2-3-10(15)9(14)4-7/h2-5H,1H3. The third kappa shape index (κ3) is 2.67. The summed E-state index contributed by atoms with van der Waals surface area (Å²) in [5.74, 6) is -0.463. The summed E-state index contributed by atoms with van der Waals surface area (Å²) >= 11 is 7.87. The minimum Gasteiger partial charge on any atom is -0.288 e. The fraction of sp³-hybridized carbons (Fsp3) is 0.0833. The highest BCUT2D eigenvalue weighted by Gasteiger charge is 2.14. The van der Waals surface area contributed by atoms with Gasteiger partial charge in [-0.05, 0) is 63.0 Å². The van der Waals surface area contributed by atoms with Crippen molar-refractivity contribution in [3.63, 3.8) is 0 Å². The Bertz CT molecular complexity index is 573. The van der Waals surface area contributed by atoms with E-state index in [4.69, 9.17) is 0 Å². The molecular weight excluding hydrogens is 371 g/mol. The first-order chi connectivity index (χ1) is 7.99. The van der Waals surface area contributed by atoms with Gasteiger partial charge in [-0.2, -0.15) is 0 Å². The SMILES string of the molecule is Cc1sc(C(=O)c2ccc(F)c(Br)c2)cc1Br. The van der Waals surface area contributed by atoms with Crippen molar-refractivity contribution in [3.05, 3.63) is 54.3 Å². The van der Waals surface area contributed by atoms with E-state index in [1.807, 2.05) is 6.92 Å². The zero-order valence-electron chi connectivity index (χ0n) is 8.76. The van der Waals surface area contributed by atoms with E-state index < -0.39 is 0 Å². The highest BCUT2D eigenvalue weighted by atomic mass is 79.9. The fourth-order valence-electron chi connectivity index (χ4n) is 1.35. The molecule has 1 aromatic heterocycles. The first-order valence-corrected chi connectivity index (χ1v) is 7.15. The van der Waals surface area contributed by atoms with Crippen LogP contribution < -0.4 is 0 Å². The molecule has 0 unspecified atom stereocenters. The fourth-order valence-corrected chi connectivity index (χ4v) is 3.23. The zero-order chi connectivity index (χ0) is 12.6. The van der Waals surface area contributed by atoms with Crippen molar-refractivity contribution in [1.29, 1.82) is 0 Å². The van der Waals surface area contributed by atoms with Crippen LogP contribution in [0.5, 0.6) is 0 Å². The summed E-state index contributed by atoms with van der Waals surface area (Å²) in [5, 5.41) is 0. The molecule has 0 saturated carbocycles. The van der Waals surface area contributed by atoms with E-state index >= 15 is 0 Å². The van der Waals surface area contributed by atoms with Crippen LogP contribution >= 0.6 is 43.2 Å². The minimum atomic E-state index is -0.370. The van der Waals surface area contributed by atoms with Gasteiger partial charge in [0.1, 0.15) is 5.82 Å². The summed E-state index contributed by atoms with van der Waals surface area (Å²) in [6, 6.07) is 6.07. The number of aryl methyl sites for hydroxylation is 1. The van der Waals surface area contributed by atoms with E-state index in [-0.39, 0.29) is 11.6 Å². The Morgan fingerprint density at radius 1 is 1.24 bits per heavy atom. The molecule has 0 N–H and O–H groups in total. The molecule has 0 saturated heterocycles. The van der Waals surface area contributed by atoms with Crippen LogP contribution in [0, 0.1) is 12.7 Å². The van der Waals surface area contributed by atoms with E-state index in [1.165, 1.54) is 29.5 Å². The van der Waals surface area contributed by atoms with Crippen LogP contribution in [0.2, 0.25) is 0 Å². The largest absolute Gasteiger partial charge is 0.288 e. The monoisotopic (exact) mass is 376 g/mol. The molecule has 5 heteroatoms. The number of benzene rings is 1. The molecule has 1 heterocycles. The summed E-state index contributed by atoms with van der Waals surface area (Å²) in [7, 11) is 0. The van der Waals surface area contributed by atoms with Crippen molar-refractivity contribution < 1.29 is 9.18 Å². The smallest absolute Gasteiger partial charge is 0.203 e. The normalized spacial score (nSPS) is 10.6. The Morgan fingerprint density at radius 3 is 2.47 bits per heavy atom. The van der Waals surface area contributed by atoms with Gasteiger partial charge in [-0.1, -0.05) is 0 Å². The highest BCUT2D eigenvalue weighted by Crippen LogP contribution is 2.28. The molecule has 2 rings (SSSR count). The second-order valence-electron chi connectivity index (χ2n) is 3.47. The summed E-state index contributed by atoms with van der Waals surface area (Å²) in [4.78, 5) is 13.8. The number of halogens is 3. The molecule has 2 aromatic rings. The van der Waals surface area contributed by atoms with Gasteiger partial charge in [0, 0.05) is 14.9 Å². The number of hydrogen-bond donors (Lipinski definition) is 0. The molecule has 17 heavy (non-hydrogen) atoms. The summed E-state index contributed by atoms with van der Waals surface area (Å²) in [6.45, 7) is 1.94. The Labute approximate surface area is 119 Å². The van der Waals surface area contributed by atoms with E-state index in [0.29, 0.717) is 14.9 Å². The lowest BCUT2D eigenvalue weighted by atomic mass is 10.1. The molecule has 1 aromatic carbocycles. The van der Waals surface area contributed by atoms with Gasteiger partial charge >= 0.3 is 0 Å². The third-order valence-electron chi connectivity index (χ3n) is 2.26. The molecule has 0 radical (unpaired) electrons. The number of rotatable bonds is 2. The van der Waals surface area contributed by atoms with Crippen molar-refractivity contribution in [1.82, 2.24) is 0 Å². The second-order valence-corrected chi connectivity index (χ2v) is 6.44. The average Bonchev–Trinajstić information content (AvgIpc) is 2.62. The first kappa shape index (κ1) is 12.9. The zero-order valence-corrected chi connectivity index (χ0v) is 12.7. The van der Waals surface area contributed by atoms with Gasteiger partial charge < -0.3 is 0 Å². The number of thiophene rings is 1. The van der Waals surface area contributed by atoms with Crippen LogP contribution in [0.25, 0.3) is 0 Å². The molecule has 0 spiro atoms. The maximum absolute atomic E-state index is 13.1. The van der Waals surface area contributed by atoms with Crippen LogP contribution in [0.15, 0.2) is 33.2 Å². The maximum atomic E-state index is 13.1. The van der Waals surface area contributed by atoms with Crippen molar-refractivity contribution in [3.8, 4) is 0 Å². The Morgan fingerprint density at radius 2 is 1.94 bits per heavy atom. The Kier molecular flexibility index (Phi) is 3.80. The molecule has 0 aliphatic heterocycles. The van der Waals surface area contributed by atoms with Crippen molar-refractivity contribution in [2.45, 2.75) is 6.92 Å². The van der Waals surface area contributed by atoms with Gasteiger partial charge in [-0.25, -0.2) is 4.39 Å². The Hall–Kier alpha value is -0.520. The van der Waals surface area contributed by atoms with Crippen molar-refractivity contribution >= 4 is 49.0 Å². The molecule has 0 bridgehead atoms. The molecule has 0 amide bonds. The maximum Gasteiger partial charge on any atom is 0.203 e. The number of carbonyl (C=O) groups is 1. The lowest BCUT2D eigenvalue weighted by Crippen LogP contribution is -1.98. The van der Waals surface area contributed by atoms with E-state index in [2.05, 4.69) is 31.9 Å². The number of hydrogen-bond acceptors (Lipinski definition) is 2. The summed E-state index contributed by atoms with van der Waals surface area (Å²) in [6.07, 6.45) is 0. The van der Waals surface area contributed by atoms with Gasteiger partial charge in [-0.15, -0.1) is 11.3 Å². The van der Waals surface area contributed by atoms with Gasteiger partial charge in [0.05, 0.1) is 9.35 Å². The molecule has 88 valence electrons. The van der Waals surface area contributed by atoms with E-state index in [1.54, 1.807) is 6.07 Å². The molecule has 0 aliphatic rings. The van der Waals surface area contributed by atoms with Gasteiger partial charge in [0.2, 0.25) is 5.78 Å². The van der Waals surface area contributed by atoms with Crippen molar-refractivity contribution in [2.24, 2.45) is 0 Å². The van der Waals surface area contributed by atoms with E-state index in [0.717, 1.165) is 9.35 Å². The minimum absolute atomic E-state index is 0.0931. The summed E-state index contributed by atoms with van der Waals surface area (Å²) < 4.78 is 14.3. The molecule has 0 fully saturated rings. The lowest BCUT2D eigenvalue weighted by Gasteiger charge is -1.99. The Balaban J connectivity index is 2.40. The van der Waals surface area contributed by atoms with Gasteiger partial charge in [0.15, 0.2) is 0 Å². The number of ketones is 1. The van der Waals surface area contributed by atoms with Crippen LogP contribution in [0.4, 0.5) is 4.39 Å². The van der Waals surface area contributed by atoms with Gasteiger partial charge in [-0.3, -0.25) is 4.79 Å². The predicted octanol–water partition coefficient (Wildman–Crippen LogP) is 4.95.